The first kappa shape index (κ1) is 18.7. The van der Waals surface area contributed by atoms with Gasteiger partial charge >= 0.3 is 0 Å². The third-order valence-corrected chi connectivity index (χ3v) is 6.33. The summed E-state index contributed by atoms with van der Waals surface area (Å²) in [7, 11) is 0. The molecule has 4 rings (SSSR count). The number of aromatic nitrogens is 1. The van der Waals surface area contributed by atoms with Crippen molar-refractivity contribution in [3.8, 4) is 23.8 Å². The summed E-state index contributed by atoms with van der Waals surface area (Å²) < 4.78 is 13.7. The lowest BCUT2D eigenvalue weighted by Gasteiger charge is -2.01. The van der Waals surface area contributed by atoms with Crippen LogP contribution in [0, 0.1) is 12.3 Å². The molecule has 2 aromatic carbocycles. The first-order valence-corrected chi connectivity index (χ1v) is 10.7. The van der Waals surface area contributed by atoms with Crippen LogP contribution in [0.2, 0.25) is 0 Å². The Bertz CT molecular complexity index is 1110. The average molecular weight is 411 g/mol. The van der Waals surface area contributed by atoms with Crippen LogP contribution in [0.5, 0.6) is 11.5 Å². The molecular weight excluding hydrogens is 392 g/mol. The molecule has 1 aliphatic rings. The van der Waals surface area contributed by atoms with Gasteiger partial charge in [-0.3, -0.25) is 4.79 Å². The molecular formula is C21H18N2O3S2. The second-order valence-corrected chi connectivity index (χ2v) is 8.30. The van der Waals surface area contributed by atoms with Crippen LogP contribution in [0.3, 0.4) is 0 Å². The highest BCUT2D eigenvalue weighted by Gasteiger charge is 2.17. The van der Waals surface area contributed by atoms with Gasteiger partial charge in [-0.2, -0.15) is 4.99 Å². The maximum atomic E-state index is 12.4. The molecule has 0 radical (unpaired) electrons. The van der Waals surface area contributed by atoms with Crippen molar-refractivity contribution in [2.24, 2.45) is 4.99 Å². The summed E-state index contributed by atoms with van der Waals surface area (Å²) in [6, 6.07) is 14.0. The number of terminal acetylenes is 1. The number of carbonyl (C=O) groups excluding carboxylic acids is 1. The lowest BCUT2D eigenvalue weighted by molar-refractivity contribution is -0.118. The largest absolute Gasteiger partial charge is 0.454 e. The number of fused-ring (bicyclic) bond motifs is 2. The predicted octanol–water partition coefficient (Wildman–Crippen LogP) is 4.06. The minimum atomic E-state index is -0.133. The van der Waals surface area contributed by atoms with E-state index in [2.05, 4.69) is 23.0 Å². The van der Waals surface area contributed by atoms with Crippen molar-refractivity contribution in [2.75, 3.05) is 12.5 Å². The standard InChI is InChI=1S/C21H18N2O3S2/c1-2-10-23-16-12-17-18(26-14-25-17)13-19(16)28-21(23)22-20(24)9-6-11-27-15-7-4-3-5-8-15/h1,3-5,7-8,12-13H,6,9-11,14H2. The SMILES string of the molecule is C#CCn1c(=NC(=O)CCCSc2ccccc2)sc2cc3c(cc21)OCO3. The summed E-state index contributed by atoms with van der Waals surface area (Å²) in [6.45, 7) is 0.564. The van der Waals surface area contributed by atoms with Crippen LogP contribution >= 0.6 is 23.1 Å². The normalized spacial score (nSPS) is 13.0. The van der Waals surface area contributed by atoms with Gasteiger partial charge in [0.15, 0.2) is 16.3 Å². The third-order valence-electron chi connectivity index (χ3n) is 4.19. The number of carbonyl (C=O) groups is 1. The number of thiazole rings is 1. The van der Waals surface area contributed by atoms with Gasteiger partial charge in [-0.1, -0.05) is 35.5 Å². The third kappa shape index (κ3) is 4.08. The van der Waals surface area contributed by atoms with E-state index in [9.17, 15) is 4.79 Å². The van der Waals surface area contributed by atoms with Crippen LogP contribution in [0.1, 0.15) is 12.8 Å². The molecule has 7 heteroatoms. The van der Waals surface area contributed by atoms with E-state index in [0.29, 0.717) is 29.3 Å². The maximum Gasteiger partial charge on any atom is 0.248 e. The molecule has 0 aliphatic carbocycles. The number of hydrogen-bond donors (Lipinski definition) is 0. The van der Waals surface area contributed by atoms with Crippen LogP contribution in [0.15, 0.2) is 52.4 Å². The molecule has 0 atom stereocenters. The molecule has 0 unspecified atom stereocenters. The van der Waals surface area contributed by atoms with Gasteiger partial charge < -0.3 is 14.0 Å². The summed E-state index contributed by atoms with van der Waals surface area (Å²) >= 11 is 3.18. The molecule has 0 saturated heterocycles. The quantitative estimate of drug-likeness (QED) is 0.349. The van der Waals surface area contributed by atoms with Gasteiger partial charge in [0, 0.05) is 23.4 Å². The molecule has 0 N–H and O–H groups in total. The molecule has 28 heavy (non-hydrogen) atoms. The van der Waals surface area contributed by atoms with E-state index >= 15 is 0 Å². The number of hydrogen-bond acceptors (Lipinski definition) is 5. The Morgan fingerprint density at radius 2 is 2.04 bits per heavy atom. The number of amides is 1. The summed E-state index contributed by atoms with van der Waals surface area (Å²) in [5.41, 5.74) is 0.901. The highest BCUT2D eigenvalue weighted by Crippen LogP contribution is 2.36. The van der Waals surface area contributed by atoms with Crippen molar-refractivity contribution in [3.05, 3.63) is 47.3 Å². The summed E-state index contributed by atoms with van der Waals surface area (Å²) in [5.74, 6) is 4.78. The monoisotopic (exact) mass is 410 g/mol. The highest BCUT2D eigenvalue weighted by atomic mass is 32.2. The summed E-state index contributed by atoms with van der Waals surface area (Å²) in [5, 5.41) is 0. The van der Waals surface area contributed by atoms with Crippen molar-refractivity contribution in [1.82, 2.24) is 4.57 Å². The Hall–Kier alpha value is -2.69. The zero-order valence-corrected chi connectivity index (χ0v) is 16.7. The van der Waals surface area contributed by atoms with Crippen LogP contribution in [0.25, 0.3) is 10.2 Å². The fourth-order valence-electron chi connectivity index (χ4n) is 2.88. The second-order valence-electron chi connectivity index (χ2n) is 6.12. The van der Waals surface area contributed by atoms with Crippen LogP contribution < -0.4 is 14.3 Å². The zero-order valence-electron chi connectivity index (χ0n) is 15.1. The molecule has 2 heterocycles. The molecule has 0 bridgehead atoms. The number of thioether (sulfide) groups is 1. The van der Waals surface area contributed by atoms with Crippen LogP contribution in [0.4, 0.5) is 0 Å². The van der Waals surface area contributed by atoms with Crippen LogP contribution in [-0.4, -0.2) is 23.0 Å². The summed E-state index contributed by atoms with van der Waals surface area (Å²) in [4.78, 5) is 18.5. The molecule has 5 nitrogen and oxygen atoms in total. The van der Waals surface area contributed by atoms with Crippen molar-refractivity contribution >= 4 is 39.2 Å². The van der Waals surface area contributed by atoms with Gasteiger partial charge in [-0.15, -0.1) is 18.2 Å². The lowest BCUT2D eigenvalue weighted by atomic mass is 10.3. The van der Waals surface area contributed by atoms with Crippen molar-refractivity contribution in [2.45, 2.75) is 24.3 Å². The van der Waals surface area contributed by atoms with E-state index in [0.717, 1.165) is 22.4 Å². The highest BCUT2D eigenvalue weighted by molar-refractivity contribution is 7.99. The van der Waals surface area contributed by atoms with Crippen molar-refractivity contribution in [3.63, 3.8) is 0 Å². The van der Waals surface area contributed by atoms with Gasteiger partial charge in [0.2, 0.25) is 12.7 Å². The molecule has 0 spiro atoms. The maximum absolute atomic E-state index is 12.4. The number of ether oxygens (including phenoxy) is 2. The van der Waals surface area contributed by atoms with E-state index in [1.165, 1.54) is 16.2 Å². The molecule has 1 aliphatic heterocycles. The van der Waals surface area contributed by atoms with E-state index in [4.69, 9.17) is 15.9 Å². The number of benzene rings is 2. The zero-order chi connectivity index (χ0) is 19.3. The number of nitrogens with zero attached hydrogens (tertiary/aromatic N) is 2. The number of rotatable bonds is 6. The Labute approximate surface area is 171 Å². The minimum absolute atomic E-state index is 0.133. The Balaban J connectivity index is 1.49. The van der Waals surface area contributed by atoms with Crippen molar-refractivity contribution in [1.29, 1.82) is 0 Å². The van der Waals surface area contributed by atoms with E-state index < -0.39 is 0 Å². The lowest BCUT2D eigenvalue weighted by Crippen LogP contribution is -2.16. The van der Waals surface area contributed by atoms with E-state index in [1.807, 2.05) is 34.9 Å². The first-order chi connectivity index (χ1) is 13.7. The second kappa shape index (κ2) is 8.55. The average Bonchev–Trinajstić information content (AvgIpc) is 3.29. The molecule has 1 amide bonds. The first-order valence-electron chi connectivity index (χ1n) is 8.86. The van der Waals surface area contributed by atoms with Crippen molar-refractivity contribution < 1.29 is 14.3 Å². The van der Waals surface area contributed by atoms with E-state index in [-0.39, 0.29) is 12.7 Å². The molecule has 142 valence electrons. The minimum Gasteiger partial charge on any atom is -0.454 e. The predicted molar refractivity (Wildman–Crippen MR) is 112 cm³/mol. The Morgan fingerprint density at radius 1 is 1.25 bits per heavy atom. The van der Waals surface area contributed by atoms with Crippen LogP contribution in [-0.2, 0) is 11.3 Å². The van der Waals surface area contributed by atoms with Gasteiger partial charge in [0.1, 0.15) is 0 Å². The van der Waals surface area contributed by atoms with E-state index in [1.54, 1.807) is 11.8 Å². The van der Waals surface area contributed by atoms with Gasteiger partial charge in [0.25, 0.3) is 0 Å². The molecule has 0 saturated carbocycles. The van der Waals surface area contributed by atoms with Gasteiger partial charge in [0.05, 0.1) is 16.8 Å². The Kier molecular flexibility index (Phi) is 5.70. The fourth-order valence-corrected chi connectivity index (χ4v) is 4.81. The fraction of sp³-hybridized carbons (Fsp3) is 0.238. The summed E-state index contributed by atoms with van der Waals surface area (Å²) in [6.07, 6.45) is 6.71. The molecule has 3 aromatic rings. The van der Waals surface area contributed by atoms with Gasteiger partial charge in [-0.25, -0.2) is 0 Å². The Morgan fingerprint density at radius 3 is 2.82 bits per heavy atom. The smallest absolute Gasteiger partial charge is 0.248 e. The molecule has 0 fully saturated rings. The molecule has 1 aromatic heterocycles. The topological polar surface area (TPSA) is 52.8 Å². The van der Waals surface area contributed by atoms with Gasteiger partial charge in [-0.05, 0) is 24.3 Å².